The average molecular weight is 259 g/mol. The van der Waals surface area contributed by atoms with E-state index in [1.807, 2.05) is 17.2 Å². The molecule has 1 aromatic rings. The molecule has 0 bridgehead atoms. The number of carbonyl (C=O) groups is 1. The van der Waals surface area contributed by atoms with Gasteiger partial charge in [0, 0.05) is 25.7 Å². The number of nitrogens with one attached hydrogen (secondary N) is 1. The van der Waals surface area contributed by atoms with Crippen LogP contribution in [0.25, 0.3) is 0 Å². The first kappa shape index (κ1) is 11.9. The van der Waals surface area contributed by atoms with Gasteiger partial charge in [0.1, 0.15) is 4.88 Å². The van der Waals surface area contributed by atoms with Gasteiger partial charge in [0.2, 0.25) is 0 Å². The Morgan fingerprint density at radius 3 is 3.00 bits per heavy atom. The minimum absolute atomic E-state index is 0.0662. The maximum Gasteiger partial charge on any atom is 0.265 e. The van der Waals surface area contributed by atoms with Crippen molar-refractivity contribution < 1.29 is 4.79 Å². The molecule has 0 radical (unpaired) electrons. The van der Waals surface area contributed by atoms with E-state index in [-0.39, 0.29) is 5.91 Å². The predicted octanol–water partition coefficient (Wildman–Crippen LogP) is 2.14. The molecule has 1 N–H and O–H groups in total. The molecule has 1 aliphatic heterocycles. The second kappa shape index (κ2) is 4.73. The Balaban J connectivity index is 2.15. The molecule has 5 heteroatoms. The highest BCUT2D eigenvalue weighted by Crippen LogP contribution is 2.28. The molecule has 16 heavy (non-hydrogen) atoms. The Hall–Kier alpha value is -0.580. The van der Waals surface area contributed by atoms with Crippen LogP contribution in [0.15, 0.2) is 5.38 Å². The molecule has 0 saturated carbocycles. The summed E-state index contributed by atoms with van der Waals surface area (Å²) in [5.74, 6) is 0.0662. The number of hydrogen-bond acceptors (Lipinski definition) is 3. The number of amides is 1. The molecule has 0 aromatic carbocycles. The third-order valence-corrected chi connectivity index (χ3v) is 4.43. The first-order valence-corrected chi connectivity index (χ1v) is 6.61. The Bertz CT molecular complexity index is 405. The number of nitrogens with zero attached hydrogens (tertiary/aromatic N) is 1. The van der Waals surface area contributed by atoms with E-state index in [1.54, 1.807) is 0 Å². The van der Waals surface area contributed by atoms with Crippen LogP contribution in [0.1, 0.15) is 22.2 Å². The van der Waals surface area contributed by atoms with Crippen molar-refractivity contribution in [3.63, 3.8) is 0 Å². The van der Waals surface area contributed by atoms with Gasteiger partial charge in [-0.15, -0.1) is 11.3 Å². The SMILES string of the molecule is Cc1csc(C(=O)N2CCN[C@@H](C)C2)c1Cl. The zero-order valence-electron chi connectivity index (χ0n) is 9.42. The molecule has 1 fully saturated rings. The highest BCUT2D eigenvalue weighted by Gasteiger charge is 2.24. The average Bonchev–Trinajstić information content (AvgIpc) is 2.59. The van der Waals surface area contributed by atoms with Crippen molar-refractivity contribution in [2.45, 2.75) is 19.9 Å². The van der Waals surface area contributed by atoms with Crippen LogP contribution in [0.4, 0.5) is 0 Å². The molecule has 0 unspecified atom stereocenters. The fraction of sp³-hybridized carbons (Fsp3) is 0.545. The lowest BCUT2D eigenvalue weighted by Crippen LogP contribution is -2.51. The summed E-state index contributed by atoms with van der Waals surface area (Å²) < 4.78 is 0. The zero-order valence-corrected chi connectivity index (χ0v) is 11.0. The van der Waals surface area contributed by atoms with Crippen LogP contribution >= 0.6 is 22.9 Å². The molecule has 1 aliphatic rings. The van der Waals surface area contributed by atoms with Gasteiger partial charge in [-0.2, -0.15) is 0 Å². The van der Waals surface area contributed by atoms with Gasteiger partial charge in [0.05, 0.1) is 5.02 Å². The van der Waals surface area contributed by atoms with Gasteiger partial charge >= 0.3 is 0 Å². The van der Waals surface area contributed by atoms with Gasteiger partial charge in [-0.3, -0.25) is 4.79 Å². The molecule has 2 heterocycles. The third kappa shape index (κ3) is 2.24. The summed E-state index contributed by atoms with van der Waals surface area (Å²) in [6, 6.07) is 0.359. The number of halogens is 1. The second-order valence-electron chi connectivity index (χ2n) is 4.17. The van der Waals surface area contributed by atoms with E-state index in [0.29, 0.717) is 15.9 Å². The largest absolute Gasteiger partial charge is 0.335 e. The summed E-state index contributed by atoms with van der Waals surface area (Å²) in [6.07, 6.45) is 0. The Morgan fingerprint density at radius 1 is 1.69 bits per heavy atom. The lowest BCUT2D eigenvalue weighted by molar-refractivity contribution is 0.0714. The summed E-state index contributed by atoms with van der Waals surface area (Å²) in [4.78, 5) is 14.8. The van der Waals surface area contributed by atoms with Gasteiger partial charge in [0.15, 0.2) is 0 Å². The van der Waals surface area contributed by atoms with Crippen LogP contribution in [-0.4, -0.2) is 36.5 Å². The molecular weight excluding hydrogens is 244 g/mol. The molecule has 1 aromatic heterocycles. The summed E-state index contributed by atoms with van der Waals surface area (Å²) in [6.45, 7) is 6.38. The monoisotopic (exact) mass is 258 g/mol. The van der Waals surface area contributed by atoms with Crippen LogP contribution in [0, 0.1) is 6.92 Å². The van der Waals surface area contributed by atoms with Crippen LogP contribution in [-0.2, 0) is 0 Å². The van der Waals surface area contributed by atoms with E-state index < -0.39 is 0 Å². The summed E-state index contributed by atoms with van der Waals surface area (Å²) in [7, 11) is 0. The molecular formula is C11H15ClN2OS. The number of piperazine rings is 1. The second-order valence-corrected chi connectivity index (χ2v) is 5.43. The summed E-state index contributed by atoms with van der Waals surface area (Å²) >= 11 is 7.54. The van der Waals surface area contributed by atoms with Crippen molar-refractivity contribution in [3.05, 3.63) is 20.8 Å². The van der Waals surface area contributed by atoms with E-state index in [1.165, 1.54) is 11.3 Å². The van der Waals surface area contributed by atoms with E-state index in [0.717, 1.165) is 25.2 Å². The highest BCUT2D eigenvalue weighted by molar-refractivity contribution is 7.13. The van der Waals surface area contributed by atoms with Gasteiger partial charge < -0.3 is 10.2 Å². The van der Waals surface area contributed by atoms with Crippen molar-refractivity contribution in [3.8, 4) is 0 Å². The number of aryl methyl sites for hydroxylation is 1. The van der Waals surface area contributed by atoms with Gasteiger partial charge in [-0.05, 0) is 24.8 Å². The number of carbonyl (C=O) groups excluding carboxylic acids is 1. The van der Waals surface area contributed by atoms with E-state index in [4.69, 9.17) is 11.6 Å². The molecule has 1 saturated heterocycles. The molecule has 3 nitrogen and oxygen atoms in total. The van der Waals surface area contributed by atoms with Gasteiger partial charge in [-0.1, -0.05) is 11.6 Å². The van der Waals surface area contributed by atoms with E-state index in [9.17, 15) is 4.79 Å². The van der Waals surface area contributed by atoms with Crippen LogP contribution < -0.4 is 5.32 Å². The standard InChI is InChI=1S/C11H15ClN2OS/c1-7-6-16-10(9(7)12)11(15)14-4-3-13-8(2)5-14/h6,8,13H,3-5H2,1-2H3/t8-/m0/s1. The topological polar surface area (TPSA) is 32.3 Å². The molecule has 1 amide bonds. The van der Waals surface area contributed by atoms with Crippen molar-refractivity contribution in [1.82, 2.24) is 10.2 Å². The van der Waals surface area contributed by atoms with Crippen molar-refractivity contribution in [2.75, 3.05) is 19.6 Å². The molecule has 0 aliphatic carbocycles. The normalized spacial score (nSPS) is 21.2. The lowest BCUT2D eigenvalue weighted by Gasteiger charge is -2.31. The quantitative estimate of drug-likeness (QED) is 0.837. The van der Waals surface area contributed by atoms with Crippen LogP contribution in [0.3, 0.4) is 0 Å². The first-order chi connectivity index (χ1) is 7.59. The van der Waals surface area contributed by atoms with E-state index >= 15 is 0 Å². The van der Waals surface area contributed by atoms with Gasteiger partial charge in [-0.25, -0.2) is 0 Å². The summed E-state index contributed by atoms with van der Waals surface area (Å²) in [5.41, 5.74) is 0.984. The minimum Gasteiger partial charge on any atom is -0.335 e. The van der Waals surface area contributed by atoms with Gasteiger partial charge in [0.25, 0.3) is 5.91 Å². The maximum absolute atomic E-state index is 12.2. The zero-order chi connectivity index (χ0) is 11.7. The van der Waals surface area contributed by atoms with Crippen molar-refractivity contribution >= 4 is 28.8 Å². The molecule has 1 atom stereocenters. The number of rotatable bonds is 1. The number of hydrogen-bond donors (Lipinski definition) is 1. The Labute approximate surface area is 104 Å². The highest BCUT2D eigenvalue weighted by atomic mass is 35.5. The molecule has 88 valence electrons. The van der Waals surface area contributed by atoms with Crippen molar-refractivity contribution in [2.24, 2.45) is 0 Å². The fourth-order valence-electron chi connectivity index (χ4n) is 1.83. The first-order valence-electron chi connectivity index (χ1n) is 5.36. The smallest absolute Gasteiger partial charge is 0.265 e. The minimum atomic E-state index is 0.0662. The van der Waals surface area contributed by atoms with E-state index in [2.05, 4.69) is 12.2 Å². The van der Waals surface area contributed by atoms with Crippen molar-refractivity contribution in [1.29, 1.82) is 0 Å². The number of thiophene rings is 1. The Morgan fingerprint density at radius 2 is 2.44 bits per heavy atom. The predicted molar refractivity (Wildman–Crippen MR) is 67.4 cm³/mol. The lowest BCUT2D eigenvalue weighted by atomic mass is 10.2. The Kier molecular flexibility index (Phi) is 3.52. The summed E-state index contributed by atoms with van der Waals surface area (Å²) in [5, 5.41) is 5.86. The third-order valence-electron chi connectivity index (χ3n) is 2.75. The molecule has 0 spiro atoms. The maximum atomic E-state index is 12.2. The van der Waals surface area contributed by atoms with Crippen LogP contribution in [0.2, 0.25) is 5.02 Å². The molecule has 2 rings (SSSR count). The fourth-order valence-corrected chi connectivity index (χ4v) is 3.08. The van der Waals surface area contributed by atoms with Crippen LogP contribution in [0.5, 0.6) is 0 Å².